The average molecular weight is 229 g/mol. The number of aliphatic carboxylic acids is 1. The minimum absolute atomic E-state index is 0.467. The van der Waals surface area contributed by atoms with Crippen LogP contribution in [0, 0.1) is 0 Å². The van der Waals surface area contributed by atoms with Crippen LogP contribution < -0.4 is 0 Å². The molecule has 3 atom stereocenters. The molecule has 0 aliphatic carbocycles. The van der Waals surface area contributed by atoms with E-state index < -0.39 is 42.6 Å². The Morgan fingerprint density at radius 3 is 2.31 bits per heavy atom. The quantitative estimate of drug-likeness (QED) is 0.562. The van der Waals surface area contributed by atoms with Gasteiger partial charge >= 0.3 is 5.97 Å². The van der Waals surface area contributed by atoms with E-state index in [9.17, 15) is 14.4 Å². The SMILES string of the molecule is O=C(O)C(O)CN1C(=O)C2CCC(O2)C1=O. The van der Waals surface area contributed by atoms with Gasteiger partial charge in [-0.2, -0.15) is 0 Å². The Balaban J connectivity index is 2.11. The number of aliphatic hydroxyl groups excluding tert-OH is 1. The van der Waals surface area contributed by atoms with E-state index in [0.29, 0.717) is 12.8 Å². The van der Waals surface area contributed by atoms with Crippen LogP contribution >= 0.6 is 0 Å². The lowest BCUT2D eigenvalue weighted by Crippen LogP contribution is -2.54. The van der Waals surface area contributed by atoms with Gasteiger partial charge in [0.25, 0.3) is 11.8 Å². The van der Waals surface area contributed by atoms with Gasteiger partial charge in [-0.15, -0.1) is 0 Å². The molecule has 0 aromatic carbocycles. The number of hydrogen-bond donors (Lipinski definition) is 2. The summed E-state index contributed by atoms with van der Waals surface area (Å²) < 4.78 is 5.12. The van der Waals surface area contributed by atoms with Crippen molar-refractivity contribution in [3.63, 3.8) is 0 Å². The Morgan fingerprint density at radius 1 is 1.38 bits per heavy atom. The van der Waals surface area contributed by atoms with Crippen molar-refractivity contribution in [2.24, 2.45) is 0 Å². The van der Waals surface area contributed by atoms with Gasteiger partial charge in [0.05, 0.1) is 6.54 Å². The number of carbonyl (C=O) groups is 3. The van der Waals surface area contributed by atoms with Crippen LogP contribution in [0.15, 0.2) is 0 Å². The number of carboxylic acid groups (broad SMARTS) is 1. The number of amides is 2. The number of carbonyl (C=O) groups excluding carboxylic acids is 2. The predicted octanol–water partition coefficient (Wildman–Crippen LogP) is -1.65. The molecule has 16 heavy (non-hydrogen) atoms. The van der Waals surface area contributed by atoms with Gasteiger partial charge in [-0.3, -0.25) is 14.5 Å². The Kier molecular flexibility index (Phi) is 2.64. The Labute approximate surface area is 90.6 Å². The minimum Gasteiger partial charge on any atom is -0.479 e. The van der Waals surface area contributed by atoms with Crippen molar-refractivity contribution < 1.29 is 29.3 Å². The molecule has 3 unspecified atom stereocenters. The van der Waals surface area contributed by atoms with Crippen LogP contribution in [0.3, 0.4) is 0 Å². The molecule has 0 spiro atoms. The predicted molar refractivity (Wildman–Crippen MR) is 48.3 cm³/mol. The fraction of sp³-hybridized carbons (Fsp3) is 0.667. The number of carboxylic acids is 1. The third-order valence-electron chi connectivity index (χ3n) is 2.74. The van der Waals surface area contributed by atoms with E-state index in [4.69, 9.17) is 14.9 Å². The van der Waals surface area contributed by atoms with Gasteiger partial charge in [-0.25, -0.2) is 4.79 Å². The fourth-order valence-corrected chi connectivity index (χ4v) is 1.89. The van der Waals surface area contributed by atoms with Crippen molar-refractivity contribution in [3.8, 4) is 0 Å². The van der Waals surface area contributed by atoms with E-state index in [1.165, 1.54) is 0 Å². The number of likely N-dealkylation sites (tertiary alicyclic amines) is 1. The number of β-amino-alcohol motifs (C(OH)–C–C–N with tert-alkyl or cyclic N) is 1. The number of fused-ring (bicyclic) bond motifs is 2. The number of aliphatic hydroxyl groups is 1. The highest BCUT2D eigenvalue weighted by Gasteiger charge is 2.47. The molecule has 0 aromatic rings. The van der Waals surface area contributed by atoms with E-state index in [1.807, 2.05) is 0 Å². The van der Waals surface area contributed by atoms with Gasteiger partial charge in [0, 0.05) is 0 Å². The molecule has 2 saturated heterocycles. The molecular formula is C9H11NO6. The standard InChI is InChI=1S/C9H11NO6/c11-4(9(14)15)3-10-7(12)5-1-2-6(16-5)8(10)13/h4-6,11H,1-3H2,(H,14,15). The molecule has 2 aliphatic heterocycles. The Morgan fingerprint density at radius 2 is 1.88 bits per heavy atom. The largest absolute Gasteiger partial charge is 0.479 e. The van der Waals surface area contributed by atoms with Crippen LogP contribution in [0.5, 0.6) is 0 Å². The smallest absolute Gasteiger partial charge is 0.334 e. The van der Waals surface area contributed by atoms with Crippen molar-refractivity contribution in [3.05, 3.63) is 0 Å². The maximum Gasteiger partial charge on any atom is 0.334 e. The lowest BCUT2D eigenvalue weighted by molar-refractivity contribution is -0.171. The highest BCUT2D eigenvalue weighted by atomic mass is 16.5. The topological polar surface area (TPSA) is 104 Å². The number of morpholine rings is 1. The summed E-state index contributed by atoms with van der Waals surface area (Å²) in [6, 6.07) is 0. The van der Waals surface area contributed by atoms with Gasteiger partial charge in [-0.1, -0.05) is 0 Å². The van der Waals surface area contributed by atoms with E-state index >= 15 is 0 Å². The minimum atomic E-state index is -1.75. The number of nitrogens with zero attached hydrogens (tertiary/aromatic N) is 1. The monoisotopic (exact) mass is 229 g/mol. The summed E-state index contributed by atoms with van der Waals surface area (Å²) in [5.41, 5.74) is 0. The van der Waals surface area contributed by atoms with Crippen molar-refractivity contribution >= 4 is 17.8 Å². The Hall–Kier alpha value is -1.47. The van der Waals surface area contributed by atoms with Crippen molar-refractivity contribution in [1.82, 2.24) is 4.90 Å². The summed E-state index contributed by atoms with van der Waals surface area (Å²) >= 11 is 0. The molecule has 0 aromatic heterocycles. The summed E-state index contributed by atoms with van der Waals surface area (Å²) in [4.78, 5) is 34.5. The summed E-state index contributed by atoms with van der Waals surface area (Å²) in [5, 5.41) is 17.6. The highest BCUT2D eigenvalue weighted by molar-refractivity contribution is 6.02. The maximum absolute atomic E-state index is 11.6. The molecule has 0 saturated carbocycles. The van der Waals surface area contributed by atoms with Crippen LogP contribution in [0.25, 0.3) is 0 Å². The molecule has 0 radical (unpaired) electrons. The van der Waals surface area contributed by atoms with E-state index in [2.05, 4.69) is 0 Å². The lowest BCUT2D eigenvalue weighted by Gasteiger charge is -2.30. The molecule has 2 aliphatic rings. The molecule has 88 valence electrons. The summed E-state index contributed by atoms with van der Waals surface area (Å²) in [5.74, 6) is -2.57. The second kappa shape index (κ2) is 3.84. The van der Waals surface area contributed by atoms with Crippen LogP contribution in [0.2, 0.25) is 0 Å². The van der Waals surface area contributed by atoms with E-state index in [-0.39, 0.29) is 0 Å². The van der Waals surface area contributed by atoms with Gasteiger partial charge in [-0.05, 0) is 12.8 Å². The first-order valence-electron chi connectivity index (χ1n) is 4.92. The van der Waals surface area contributed by atoms with Crippen LogP contribution in [0.4, 0.5) is 0 Å². The second-order valence-electron chi connectivity index (χ2n) is 3.83. The van der Waals surface area contributed by atoms with Crippen molar-refractivity contribution in [2.45, 2.75) is 31.2 Å². The zero-order valence-electron chi connectivity index (χ0n) is 8.33. The first-order valence-corrected chi connectivity index (χ1v) is 4.92. The summed E-state index contributed by atoms with van der Waals surface area (Å²) in [6.07, 6.45) is -2.14. The fourth-order valence-electron chi connectivity index (χ4n) is 1.89. The van der Waals surface area contributed by atoms with Crippen LogP contribution in [0.1, 0.15) is 12.8 Å². The van der Waals surface area contributed by atoms with Crippen LogP contribution in [-0.4, -0.2) is 57.8 Å². The number of imide groups is 1. The van der Waals surface area contributed by atoms with Crippen molar-refractivity contribution in [2.75, 3.05) is 6.54 Å². The third-order valence-corrected chi connectivity index (χ3v) is 2.74. The molecule has 7 nitrogen and oxygen atoms in total. The van der Waals surface area contributed by atoms with Gasteiger partial charge < -0.3 is 14.9 Å². The molecule has 2 fully saturated rings. The first-order chi connectivity index (χ1) is 7.50. The number of hydrogen-bond acceptors (Lipinski definition) is 5. The zero-order chi connectivity index (χ0) is 11.9. The summed E-state index contributed by atoms with van der Waals surface area (Å²) in [6.45, 7) is -0.511. The van der Waals surface area contributed by atoms with Crippen molar-refractivity contribution in [1.29, 1.82) is 0 Å². The molecule has 2 amide bonds. The molecule has 2 N–H and O–H groups in total. The van der Waals surface area contributed by atoms with E-state index in [0.717, 1.165) is 4.90 Å². The van der Waals surface area contributed by atoms with Crippen LogP contribution in [-0.2, 0) is 19.1 Å². The van der Waals surface area contributed by atoms with Gasteiger partial charge in [0.1, 0.15) is 12.2 Å². The first kappa shape index (κ1) is 11.0. The number of rotatable bonds is 3. The third kappa shape index (κ3) is 1.68. The number of ether oxygens (including phenoxy) is 1. The zero-order valence-corrected chi connectivity index (χ0v) is 8.33. The molecule has 7 heteroatoms. The highest BCUT2D eigenvalue weighted by Crippen LogP contribution is 2.28. The second-order valence-corrected chi connectivity index (χ2v) is 3.83. The average Bonchev–Trinajstić information content (AvgIpc) is 2.68. The normalized spacial score (nSPS) is 30.7. The molecule has 2 bridgehead atoms. The summed E-state index contributed by atoms with van der Waals surface area (Å²) in [7, 11) is 0. The lowest BCUT2D eigenvalue weighted by atomic mass is 10.2. The van der Waals surface area contributed by atoms with Gasteiger partial charge in [0.15, 0.2) is 6.10 Å². The van der Waals surface area contributed by atoms with E-state index in [1.54, 1.807) is 0 Å². The van der Waals surface area contributed by atoms with Gasteiger partial charge in [0.2, 0.25) is 0 Å². The molecular weight excluding hydrogens is 218 g/mol. The Bertz CT molecular complexity index is 332. The molecule has 2 rings (SSSR count). The maximum atomic E-state index is 11.6. The molecule has 2 heterocycles.